The van der Waals surface area contributed by atoms with Gasteiger partial charge in [-0.15, -0.1) is 0 Å². The van der Waals surface area contributed by atoms with Gasteiger partial charge < -0.3 is 4.90 Å². The van der Waals surface area contributed by atoms with Crippen molar-refractivity contribution in [1.29, 1.82) is 0 Å². The Labute approximate surface area is 84.0 Å². The molecule has 2 nitrogen and oxygen atoms in total. The second-order valence-electron chi connectivity index (χ2n) is 3.69. The van der Waals surface area contributed by atoms with Crippen LogP contribution in [-0.4, -0.2) is 54.4 Å². The summed E-state index contributed by atoms with van der Waals surface area (Å²) in [7, 11) is 2.21. The molecule has 1 rings (SSSR count). The van der Waals surface area contributed by atoms with Gasteiger partial charge >= 0.3 is 0 Å². The molecule has 12 heavy (non-hydrogen) atoms. The van der Waals surface area contributed by atoms with Crippen molar-refractivity contribution in [2.24, 2.45) is 0 Å². The van der Waals surface area contributed by atoms with Crippen LogP contribution in [0.3, 0.4) is 0 Å². The molecule has 0 aromatic carbocycles. The minimum Gasteiger partial charge on any atom is -0.304 e. The van der Waals surface area contributed by atoms with Crippen molar-refractivity contribution in [2.75, 3.05) is 38.6 Å². The summed E-state index contributed by atoms with van der Waals surface area (Å²) < 4.78 is 0. The monoisotopic (exact) mass is 234 g/mol. The lowest BCUT2D eigenvalue weighted by Crippen LogP contribution is -2.50. The Morgan fingerprint density at radius 2 is 2.17 bits per heavy atom. The van der Waals surface area contributed by atoms with Crippen LogP contribution in [-0.2, 0) is 0 Å². The zero-order valence-corrected chi connectivity index (χ0v) is 9.68. The van der Waals surface area contributed by atoms with Crippen molar-refractivity contribution in [3.05, 3.63) is 0 Å². The molecule has 0 radical (unpaired) electrons. The molecule has 1 aliphatic heterocycles. The minimum absolute atomic E-state index is 0.739. The van der Waals surface area contributed by atoms with Crippen molar-refractivity contribution in [3.8, 4) is 0 Å². The number of hydrogen-bond donors (Lipinski definition) is 0. The highest BCUT2D eigenvalue weighted by Gasteiger charge is 2.20. The van der Waals surface area contributed by atoms with E-state index in [0.29, 0.717) is 0 Å². The lowest BCUT2D eigenvalue weighted by atomic mass is 10.2. The fourth-order valence-electron chi connectivity index (χ4n) is 1.77. The molecular weight excluding hydrogens is 216 g/mol. The van der Waals surface area contributed by atoms with Crippen LogP contribution in [0.1, 0.15) is 13.3 Å². The highest BCUT2D eigenvalue weighted by Crippen LogP contribution is 2.08. The van der Waals surface area contributed by atoms with Crippen LogP contribution in [0.15, 0.2) is 0 Å². The van der Waals surface area contributed by atoms with E-state index in [1.807, 2.05) is 0 Å². The van der Waals surface area contributed by atoms with Crippen molar-refractivity contribution < 1.29 is 0 Å². The van der Waals surface area contributed by atoms with Crippen LogP contribution in [0.25, 0.3) is 0 Å². The van der Waals surface area contributed by atoms with E-state index in [2.05, 4.69) is 39.7 Å². The van der Waals surface area contributed by atoms with E-state index >= 15 is 0 Å². The molecule has 0 aromatic rings. The summed E-state index contributed by atoms with van der Waals surface area (Å²) >= 11 is 3.47. The Hall–Kier alpha value is 0.400. The van der Waals surface area contributed by atoms with Gasteiger partial charge in [0.05, 0.1) is 0 Å². The van der Waals surface area contributed by atoms with Gasteiger partial charge in [-0.3, -0.25) is 4.90 Å². The van der Waals surface area contributed by atoms with Crippen LogP contribution in [0.5, 0.6) is 0 Å². The Kier molecular flexibility index (Phi) is 4.54. The molecule has 0 aliphatic carbocycles. The molecule has 0 spiro atoms. The second-order valence-corrected chi connectivity index (χ2v) is 4.48. The lowest BCUT2D eigenvalue weighted by Gasteiger charge is -2.38. The molecule has 72 valence electrons. The molecule has 0 bridgehead atoms. The molecule has 1 atom stereocenters. The first-order valence-electron chi connectivity index (χ1n) is 4.72. The highest BCUT2D eigenvalue weighted by atomic mass is 79.9. The molecule has 1 heterocycles. The van der Waals surface area contributed by atoms with Crippen LogP contribution >= 0.6 is 15.9 Å². The fraction of sp³-hybridized carbons (Fsp3) is 1.00. The third kappa shape index (κ3) is 3.04. The highest BCUT2D eigenvalue weighted by molar-refractivity contribution is 9.09. The zero-order valence-electron chi connectivity index (χ0n) is 8.09. The van der Waals surface area contributed by atoms with E-state index in [4.69, 9.17) is 0 Å². The van der Waals surface area contributed by atoms with Gasteiger partial charge in [0.15, 0.2) is 0 Å². The molecule has 1 saturated heterocycles. The Bertz CT molecular complexity index is 128. The van der Waals surface area contributed by atoms with E-state index in [-0.39, 0.29) is 0 Å². The van der Waals surface area contributed by atoms with E-state index in [9.17, 15) is 0 Å². The van der Waals surface area contributed by atoms with Gasteiger partial charge in [-0.2, -0.15) is 0 Å². The smallest absolute Gasteiger partial charge is 0.0195 e. The van der Waals surface area contributed by atoms with Gasteiger partial charge in [0.2, 0.25) is 0 Å². The predicted octanol–water partition coefficient (Wildman–Crippen LogP) is 1.41. The predicted molar refractivity (Wildman–Crippen MR) is 56.9 cm³/mol. The first-order valence-corrected chi connectivity index (χ1v) is 5.84. The Morgan fingerprint density at radius 3 is 2.75 bits per heavy atom. The number of rotatable bonds is 3. The second kappa shape index (κ2) is 5.20. The van der Waals surface area contributed by atoms with Gasteiger partial charge in [0, 0.05) is 31.0 Å². The molecular formula is C9H19BrN2. The number of halogens is 1. The molecule has 1 fully saturated rings. The van der Waals surface area contributed by atoms with Crippen LogP contribution in [0, 0.1) is 0 Å². The average Bonchev–Trinajstić information content (AvgIpc) is 2.03. The molecule has 0 aromatic heterocycles. The molecule has 0 saturated carbocycles. The maximum atomic E-state index is 3.47. The van der Waals surface area contributed by atoms with Crippen molar-refractivity contribution in [3.63, 3.8) is 0 Å². The summed E-state index contributed by atoms with van der Waals surface area (Å²) in [6.45, 7) is 7.27. The summed E-state index contributed by atoms with van der Waals surface area (Å²) in [5.41, 5.74) is 0. The van der Waals surface area contributed by atoms with E-state index in [1.54, 1.807) is 0 Å². The topological polar surface area (TPSA) is 6.48 Å². The molecule has 1 unspecified atom stereocenters. The molecule has 0 amide bonds. The third-order valence-corrected chi connectivity index (χ3v) is 3.11. The number of nitrogens with zero attached hydrogens (tertiary/aromatic N) is 2. The first kappa shape index (κ1) is 10.5. The molecule has 1 aliphatic rings. The largest absolute Gasteiger partial charge is 0.304 e. The van der Waals surface area contributed by atoms with E-state index < -0.39 is 0 Å². The summed E-state index contributed by atoms with van der Waals surface area (Å²) in [5, 5.41) is 1.13. The quantitative estimate of drug-likeness (QED) is 0.682. The summed E-state index contributed by atoms with van der Waals surface area (Å²) in [6.07, 6.45) is 1.27. The average molecular weight is 235 g/mol. The molecule has 3 heteroatoms. The number of likely N-dealkylation sites (N-methyl/N-ethyl adjacent to an activating group) is 1. The summed E-state index contributed by atoms with van der Waals surface area (Å²) in [5.74, 6) is 0. The fourth-order valence-corrected chi connectivity index (χ4v) is 2.02. The van der Waals surface area contributed by atoms with Crippen molar-refractivity contribution >= 4 is 15.9 Å². The third-order valence-electron chi connectivity index (χ3n) is 2.55. The minimum atomic E-state index is 0.739. The van der Waals surface area contributed by atoms with Crippen molar-refractivity contribution in [1.82, 2.24) is 9.80 Å². The normalized spacial score (nSPS) is 27.8. The summed E-state index contributed by atoms with van der Waals surface area (Å²) in [4.78, 5) is 5.00. The van der Waals surface area contributed by atoms with Gasteiger partial charge in [-0.05, 0) is 26.9 Å². The van der Waals surface area contributed by atoms with Crippen LogP contribution in [0.2, 0.25) is 0 Å². The standard InChI is InChI=1S/C9H19BrN2/c1-9-8-11(2)6-7-12(9)5-3-4-10/h9H,3-8H2,1-2H3. The zero-order chi connectivity index (χ0) is 8.97. The first-order chi connectivity index (χ1) is 5.74. The lowest BCUT2D eigenvalue weighted by molar-refractivity contribution is 0.101. The molecule has 0 N–H and O–H groups in total. The summed E-state index contributed by atoms with van der Waals surface area (Å²) in [6, 6.07) is 0.739. The van der Waals surface area contributed by atoms with Gasteiger partial charge in [-0.1, -0.05) is 15.9 Å². The van der Waals surface area contributed by atoms with Gasteiger partial charge in [0.25, 0.3) is 0 Å². The van der Waals surface area contributed by atoms with E-state index in [0.717, 1.165) is 11.4 Å². The van der Waals surface area contributed by atoms with Gasteiger partial charge in [-0.25, -0.2) is 0 Å². The number of alkyl halides is 1. The Balaban J connectivity index is 2.25. The maximum Gasteiger partial charge on any atom is 0.0195 e. The Morgan fingerprint density at radius 1 is 1.42 bits per heavy atom. The maximum absolute atomic E-state index is 3.47. The number of piperazine rings is 1. The van der Waals surface area contributed by atoms with Crippen LogP contribution in [0.4, 0.5) is 0 Å². The SMILES string of the molecule is CC1CN(C)CCN1CCCBr. The van der Waals surface area contributed by atoms with E-state index in [1.165, 1.54) is 32.6 Å². The van der Waals surface area contributed by atoms with Crippen molar-refractivity contribution in [2.45, 2.75) is 19.4 Å². The van der Waals surface area contributed by atoms with Crippen LogP contribution < -0.4 is 0 Å². The van der Waals surface area contributed by atoms with Gasteiger partial charge in [0.1, 0.15) is 0 Å². The number of hydrogen-bond acceptors (Lipinski definition) is 2.